The molecular weight excluding hydrogens is 230 g/mol. The minimum atomic E-state index is -0.331. The van der Waals surface area contributed by atoms with Crippen molar-refractivity contribution in [3.8, 4) is 0 Å². The molecule has 2 heterocycles. The van der Waals surface area contributed by atoms with Gasteiger partial charge in [0.15, 0.2) is 0 Å². The number of benzene rings is 1. The Morgan fingerprint density at radius 3 is 2.89 bits per heavy atom. The van der Waals surface area contributed by atoms with Gasteiger partial charge in [0, 0.05) is 18.3 Å². The van der Waals surface area contributed by atoms with Gasteiger partial charge < -0.3 is 10.3 Å². The lowest BCUT2D eigenvalue weighted by molar-refractivity contribution is -0.135. The minimum absolute atomic E-state index is 0.202. The second kappa shape index (κ2) is 3.87. The maximum Gasteiger partial charge on any atom is 0.249 e. The fraction of sp³-hybridized carbons (Fsp3) is 0.231. The number of hydrogen-bond acceptors (Lipinski definition) is 3. The van der Waals surface area contributed by atoms with Gasteiger partial charge in [0.1, 0.15) is 6.04 Å². The van der Waals surface area contributed by atoms with E-state index in [1.54, 1.807) is 0 Å². The van der Waals surface area contributed by atoms with E-state index in [9.17, 15) is 9.59 Å². The maximum atomic E-state index is 11.8. The topological polar surface area (TPSA) is 77.1 Å². The summed E-state index contributed by atoms with van der Waals surface area (Å²) in [7, 11) is 0. The number of nitrogens with one attached hydrogen (secondary N) is 1. The molecule has 5 heteroatoms. The summed E-state index contributed by atoms with van der Waals surface area (Å²) in [6, 6.07) is 7.21. The van der Waals surface area contributed by atoms with E-state index in [0.29, 0.717) is 18.5 Å². The van der Waals surface area contributed by atoms with Crippen molar-refractivity contribution < 1.29 is 9.59 Å². The van der Waals surface area contributed by atoms with Gasteiger partial charge in [-0.3, -0.25) is 14.9 Å². The van der Waals surface area contributed by atoms with Crippen LogP contribution >= 0.6 is 0 Å². The van der Waals surface area contributed by atoms with Crippen molar-refractivity contribution in [1.29, 1.82) is 0 Å². The molecule has 0 bridgehead atoms. The van der Waals surface area contributed by atoms with Gasteiger partial charge in [-0.15, -0.1) is 0 Å². The molecule has 2 amide bonds. The second-order valence-corrected chi connectivity index (χ2v) is 4.51. The Hall–Kier alpha value is -2.30. The van der Waals surface area contributed by atoms with E-state index < -0.39 is 0 Å². The highest BCUT2D eigenvalue weighted by Crippen LogP contribution is 2.26. The maximum absolute atomic E-state index is 11.8. The van der Waals surface area contributed by atoms with Crippen LogP contribution in [0.15, 0.2) is 30.5 Å². The van der Waals surface area contributed by atoms with Crippen LogP contribution in [-0.2, 0) is 9.59 Å². The lowest BCUT2D eigenvalue weighted by Gasteiger charge is -2.23. The number of nitrogens with zero attached hydrogens (tertiary/aromatic N) is 1. The lowest BCUT2D eigenvalue weighted by atomic mass is 10.1. The number of nitrogen functional groups attached to an aromatic ring is 1. The Kier molecular flexibility index (Phi) is 2.33. The van der Waals surface area contributed by atoms with Gasteiger partial charge in [-0.2, -0.15) is 0 Å². The molecule has 5 nitrogen and oxygen atoms in total. The Bertz CT molecular complexity index is 645. The summed E-state index contributed by atoms with van der Waals surface area (Å²) in [6.45, 7) is 0. The number of imide groups is 1. The van der Waals surface area contributed by atoms with Crippen molar-refractivity contribution in [3.63, 3.8) is 0 Å². The standard InChI is InChI=1S/C13H13N3O2/c14-9-2-1-8-5-6-16(11(8)7-9)10-3-4-12(17)15-13(10)18/h1-2,5-7,10H,3-4,14H2,(H,15,17,18). The van der Waals surface area contributed by atoms with Crippen LogP contribution in [0, 0.1) is 0 Å². The van der Waals surface area contributed by atoms with Crippen molar-refractivity contribution in [1.82, 2.24) is 9.88 Å². The van der Waals surface area contributed by atoms with Crippen molar-refractivity contribution in [2.24, 2.45) is 0 Å². The van der Waals surface area contributed by atoms with Gasteiger partial charge in [-0.05, 0) is 30.0 Å². The molecule has 0 radical (unpaired) electrons. The van der Waals surface area contributed by atoms with Gasteiger partial charge in [0.2, 0.25) is 11.8 Å². The lowest BCUT2D eigenvalue weighted by Crippen LogP contribution is -2.41. The molecule has 1 aliphatic rings. The van der Waals surface area contributed by atoms with Crippen molar-refractivity contribution >= 4 is 28.4 Å². The van der Waals surface area contributed by atoms with Gasteiger partial charge >= 0.3 is 0 Å². The van der Waals surface area contributed by atoms with Crippen LogP contribution in [0.2, 0.25) is 0 Å². The van der Waals surface area contributed by atoms with Crippen LogP contribution in [0.25, 0.3) is 10.9 Å². The number of amides is 2. The third-order valence-corrected chi connectivity index (χ3v) is 3.29. The van der Waals surface area contributed by atoms with Gasteiger partial charge in [-0.1, -0.05) is 6.07 Å². The van der Waals surface area contributed by atoms with Crippen LogP contribution in [-0.4, -0.2) is 16.4 Å². The summed E-state index contributed by atoms with van der Waals surface area (Å²) in [5.74, 6) is -0.446. The molecule has 0 spiro atoms. The summed E-state index contributed by atoms with van der Waals surface area (Å²) in [5, 5.41) is 3.40. The highest BCUT2D eigenvalue weighted by Gasteiger charge is 2.28. The normalized spacial score (nSPS) is 20.1. The average Bonchev–Trinajstić information content (AvgIpc) is 2.72. The first-order valence-corrected chi connectivity index (χ1v) is 5.85. The number of aromatic nitrogens is 1. The molecule has 92 valence electrons. The quantitative estimate of drug-likeness (QED) is 0.583. The predicted molar refractivity (Wildman–Crippen MR) is 67.8 cm³/mol. The zero-order valence-corrected chi connectivity index (χ0v) is 9.72. The third kappa shape index (κ3) is 1.64. The fourth-order valence-corrected chi connectivity index (χ4v) is 2.39. The number of rotatable bonds is 1. The summed E-state index contributed by atoms with van der Waals surface area (Å²) < 4.78 is 1.88. The van der Waals surface area contributed by atoms with Crippen LogP contribution in [0.1, 0.15) is 18.9 Å². The molecule has 1 aliphatic heterocycles. The number of nitrogens with two attached hydrogens (primary N) is 1. The molecule has 1 fully saturated rings. The number of hydrogen-bond donors (Lipinski definition) is 2. The molecule has 3 rings (SSSR count). The Morgan fingerprint density at radius 1 is 1.28 bits per heavy atom. The highest BCUT2D eigenvalue weighted by molar-refractivity contribution is 6.00. The molecule has 18 heavy (non-hydrogen) atoms. The highest BCUT2D eigenvalue weighted by atomic mass is 16.2. The molecular formula is C13H13N3O2. The third-order valence-electron chi connectivity index (χ3n) is 3.29. The van der Waals surface area contributed by atoms with E-state index in [2.05, 4.69) is 5.32 Å². The number of piperidine rings is 1. The number of carbonyl (C=O) groups is 2. The van der Waals surface area contributed by atoms with Crippen LogP contribution in [0.3, 0.4) is 0 Å². The van der Waals surface area contributed by atoms with Gasteiger partial charge in [0.25, 0.3) is 0 Å². The van der Waals surface area contributed by atoms with E-state index in [1.807, 2.05) is 35.0 Å². The first-order valence-electron chi connectivity index (χ1n) is 5.85. The van der Waals surface area contributed by atoms with E-state index in [4.69, 9.17) is 5.73 Å². The molecule has 2 aromatic rings. The monoisotopic (exact) mass is 243 g/mol. The largest absolute Gasteiger partial charge is 0.399 e. The van der Waals surface area contributed by atoms with E-state index in [-0.39, 0.29) is 17.9 Å². The fourth-order valence-electron chi connectivity index (χ4n) is 2.39. The molecule has 1 aromatic carbocycles. The van der Waals surface area contributed by atoms with Crippen molar-refractivity contribution in [2.45, 2.75) is 18.9 Å². The van der Waals surface area contributed by atoms with E-state index >= 15 is 0 Å². The molecule has 0 saturated carbocycles. The molecule has 1 saturated heterocycles. The van der Waals surface area contributed by atoms with E-state index in [1.165, 1.54) is 0 Å². The Morgan fingerprint density at radius 2 is 2.11 bits per heavy atom. The molecule has 1 atom stereocenters. The van der Waals surface area contributed by atoms with Crippen LogP contribution in [0.5, 0.6) is 0 Å². The van der Waals surface area contributed by atoms with Crippen molar-refractivity contribution in [2.75, 3.05) is 5.73 Å². The molecule has 0 aliphatic carbocycles. The summed E-state index contributed by atoms with van der Waals surface area (Å²) >= 11 is 0. The Balaban J connectivity index is 2.06. The second-order valence-electron chi connectivity index (χ2n) is 4.51. The molecule has 1 aromatic heterocycles. The van der Waals surface area contributed by atoms with Crippen LogP contribution in [0.4, 0.5) is 5.69 Å². The first-order chi connectivity index (χ1) is 8.65. The van der Waals surface area contributed by atoms with Crippen LogP contribution < -0.4 is 11.1 Å². The van der Waals surface area contributed by atoms with Gasteiger partial charge in [0.05, 0.1) is 5.52 Å². The summed E-state index contributed by atoms with van der Waals surface area (Å²) in [6.07, 6.45) is 2.77. The van der Waals surface area contributed by atoms with Gasteiger partial charge in [-0.25, -0.2) is 0 Å². The first kappa shape index (κ1) is 10.8. The molecule has 1 unspecified atom stereocenters. The summed E-state index contributed by atoms with van der Waals surface area (Å²) in [5.41, 5.74) is 7.35. The smallest absolute Gasteiger partial charge is 0.249 e. The van der Waals surface area contributed by atoms with E-state index in [0.717, 1.165) is 10.9 Å². The number of anilines is 1. The average molecular weight is 243 g/mol. The Labute approximate surface area is 104 Å². The number of fused-ring (bicyclic) bond motifs is 1. The molecule has 3 N–H and O–H groups in total. The van der Waals surface area contributed by atoms with Crippen molar-refractivity contribution in [3.05, 3.63) is 30.5 Å². The zero-order valence-electron chi connectivity index (χ0n) is 9.72. The number of carbonyl (C=O) groups excluding carboxylic acids is 2. The summed E-state index contributed by atoms with van der Waals surface area (Å²) in [4.78, 5) is 23.0. The predicted octanol–water partition coefficient (Wildman–Crippen LogP) is 1.20. The zero-order chi connectivity index (χ0) is 12.7. The SMILES string of the molecule is Nc1ccc2ccn(C3CCC(=O)NC3=O)c2c1. The minimum Gasteiger partial charge on any atom is -0.399 e.